The molecule has 1 aromatic carbocycles. The number of halogens is 2. The third kappa shape index (κ3) is 3.68. The van der Waals surface area contributed by atoms with Gasteiger partial charge < -0.3 is 5.73 Å². The Hall–Kier alpha value is -2.27. The molecule has 1 aromatic heterocycles. The van der Waals surface area contributed by atoms with Crippen LogP contribution < -0.4 is 5.73 Å². The minimum atomic E-state index is -0.898. The fraction of sp³-hybridized carbons (Fsp3) is 0.118. The van der Waals surface area contributed by atoms with E-state index in [2.05, 4.69) is 11.6 Å². The second-order valence-corrected chi connectivity index (χ2v) is 5.72. The van der Waals surface area contributed by atoms with E-state index in [1.54, 1.807) is 6.08 Å². The first kappa shape index (κ1) is 16.1. The van der Waals surface area contributed by atoms with E-state index in [1.807, 2.05) is 25.2 Å². The Morgan fingerprint density at radius 3 is 2.77 bits per heavy atom. The number of rotatable bonds is 5. The molecule has 114 valence electrons. The van der Waals surface area contributed by atoms with Crippen molar-refractivity contribution in [1.82, 2.24) is 4.98 Å². The van der Waals surface area contributed by atoms with Gasteiger partial charge in [-0.05, 0) is 30.7 Å². The molecule has 5 heteroatoms. The molecule has 2 rings (SSSR count). The fourth-order valence-corrected chi connectivity index (χ4v) is 2.97. The van der Waals surface area contributed by atoms with Gasteiger partial charge in [0.15, 0.2) is 16.8 Å². The average molecular weight is 318 g/mol. The highest BCUT2D eigenvalue weighted by Gasteiger charge is 2.14. The average Bonchev–Trinajstić information content (AvgIpc) is 2.83. The van der Waals surface area contributed by atoms with Crippen molar-refractivity contribution in [3.63, 3.8) is 0 Å². The van der Waals surface area contributed by atoms with E-state index in [9.17, 15) is 8.78 Å². The van der Waals surface area contributed by atoms with Crippen LogP contribution in [0.1, 0.15) is 11.8 Å². The van der Waals surface area contributed by atoms with E-state index in [4.69, 9.17) is 5.73 Å². The molecule has 0 radical (unpaired) electrons. The summed E-state index contributed by atoms with van der Waals surface area (Å²) in [6, 6.07) is 3.74. The van der Waals surface area contributed by atoms with Gasteiger partial charge in [-0.2, -0.15) is 0 Å². The van der Waals surface area contributed by atoms with Gasteiger partial charge in [-0.1, -0.05) is 30.9 Å². The van der Waals surface area contributed by atoms with Gasteiger partial charge in [0.25, 0.3) is 0 Å². The Balaban J connectivity index is 2.43. The Morgan fingerprint density at radius 1 is 1.36 bits per heavy atom. The Morgan fingerprint density at radius 2 is 2.14 bits per heavy atom. The van der Waals surface area contributed by atoms with Crippen molar-refractivity contribution in [2.24, 2.45) is 0 Å². The Labute approximate surface area is 132 Å². The van der Waals surface area contributed by atoms with Gasteiger partial charge in [0.05, 0.1) is 5.69 Å². The highest BCUT2D eigenvalue weighted by atomic mass is 32.1. The maximum Gasteiger partial charge on any atom is 0.180 e. The number of hydrogen-bond acceptors (Lipinski definition) is 3. The normalized spacial score (nSPS) is 12.0. The number of nitrogens with two attached hydrogens (primary N) is 1. The van der Waals surface area contributed by atoms with E-state index < -0.39 is 11.6 Å². The van der Waals surface area contributed by atoms with Crippen LogP contribution >= 0.6 is 11.3 Å². The van der Waals surface area contributed by atoms with Gasteiger partial charge in [-0.15, -0.1) is 11.3 Å². The molecule has 0 aliphatic rings. The van der Waals surface area contributed by atoms with Gasteiger partial charge in [-0.3, -0.25) is 0 Å². The van der Waals surface area contributed by atoms with Crippen LogP contribution in [0, 0.1) is 11.6 Å². The van der Waals surface area contributed by atoms with Crippen LogP contribution in [0.5, 0.6) is 0 Å². The van der Waals surface area contributed by atoms with E-state index in [0.717, 1.165) is 22.6 Å². The summed E-state index contributed by atoms with van der Waals surface area (Å²) in [5.74, 6) is -1.78. The number of hydrogen-bond donors (Lipinski definition) is 1. The van der Waals surface area contributed by atoms with Crippen molar-refractivity contribution in [1.29, 1.82) is 0 Å². The summed E-state index contributed by atoms with van der Waals surface area (Å²) < 4.78 is 26.5. The second-order valence-electron chi connectivity index (χ2n) is 4.61. The molecule has 0 fully saturated rings. The molecular formula is C17H16F2N2S. The number of nitrogen functional groups attached to an aromatic ring is 1. The molecule has 0 aliphatic carbocycles. The summed E-state index contributed by atoms with van der Waals surface area (Å²) in [6.07, 6.45) is 8.09. The van der Waals surface area contributed by atoms with Crippen molar-refractivity contribution < 1.29 is 8.78 Å². The molecule has 2 N–H and O–H groups in total. The van der Waals surface area contributed by atoms with Crippen LogP contribution in [0.3, 0.4) is 0 Å². The van der Waals surface area contributed by atoms with Gasteiger partial charge >= 0.3 is 0 Å². The summed E-state index contributed by atoms with van der Waals surface area (Å²) >= 11 is 1.34. The van der Waals surface area contributed by atoms with E-state index in [-0.39, 0.29) is 0 Å². The molecule has 0 aliphatic heterocycles. The lowest BCUT2D eigenvalue weighted by atomic mass is 10.1. The number of anilines is 1. The first-order valence-electron chi connectivity index (χ1n) is 6.70. The molecule has 22 heavy (non-hydrogen) atoms. The first-order valence-corrected chi connectivity index (χ1v) is 7.51. The molecule has 0 amide bonds. The fourth-order valence-electron chi connectivity index (χ4n) is 2.08. The molecule has 0 unspecified atom stereocenters. The van der Waals surface area contributed by atoms with Gasteiger partial charge in [0.1, 0.15) is 0 Å². The summed E-state index contributed by atoms with van der Waals surface area (Å²) in [4.78, 5) is 5.15. The minimum Gasteiger partial charge on any atom is -0.375 e. The molecule has 0 atom stereocenters. The summed E-state index contributed by atoms with van der Waals surface area (Å²) in [5.41, 5.74) is 7.92. The van der Waals surface area contributed by atoms with E-state index in [1.165, 1.54) is 17.4 Å². The highest BCUT2D eigenvalue weighted by molar-refractivity contribution is 7.15. The van der Waals surface area contributed by atoms with Crippen LogP contribution in [-0.2, 0) is 6.42 Å². The number of aromatic nitrogens is 1. The standard InChI is InChI=1S/C17H16F2N2S/c1-3-5-11(6-4-2)9-15-16(21-17(20)22-15)12-7-8-13(18)14(19)10-12/h3-8,10H,1,9H2,2H3,(H2,20,21)/b6-4-,11-5+. The lowest BCUT2D eigenvalue weighted by Gasteiger charge is -2.04. The van der Waals surface area contributed by atoms with Gasteiger partial charge in [0.2, 0.25) is 0 Å². The molecule has 0 saturated carbocycles. The molecule has 2 nitrogen and oxygen atoms in total. The number of benzene rings is 1. The van der Waals surface area contributed by atoms with Crippen molar-refractivity contribution in [3.05, 3.63) is 71.2 Å². The first-order chi connectivity index (χ1) is 10.5. The third-order valence-corrected chi connectivity index (χ3v) is 3.87. The zero-order chi connectivity index (χ0) is 16.1. The third-order valence-electron chi connectivity index (χ3n) is 2.98. The summed E-state index contributed by atoms with van der Waals surface area (Å²) in [6.45, 7) is 5.62. The Kier molecular flexibility index (Phi) is 5.22. The van der Waals surface area contributed by atoms with Crippen molar-refractivity contribution in [3.8, 4) is 11.3 Å². The summed E-state index contributed by atoms with van der Waals surface area (Å²) in [7, 11) is 0. The topological polar surface area (TPSA) is 38.9 Å². The maximum absolute atomic E-state index is 13.4. The SMILES string of the molecule is C=C/C=C(\C=C/C)Cc1sc(N)nc1-c1ccc(F)c(F)c1. The van der Waals surface area contributed by atoms with Crippen LogP contribution in [0.2, 0.25) is 0 Å². The van der Waals surface area contributed by atoms with Crippen LogP contribution in [-0.4, -0.2) is 4.98 Å². The van der Waals surface area contributed by atoms with Crippen LogP contribution in [0.4, 0.5) is 13.9 Å². The molecular weight excluding hydrogens is 302 g/mol. The van der Waals surface area contributed by atoms with E-state index in [0.29, 0.717) is 22.8 Å². The summed E-state index contributed by atoms with van der Waals surface area (Å²) in [5, 5.41) is 0.396. The Bertz CT molecular complexity index is 745. The van der Waals surface area contributed by atoms with Crippen LogP contribution in [0.25, 0.3) is 11.3 Å². The monoisotopic (exact) mass is 318 g/mol. The highest BCUT2D eigenvalue weighted by Crippen LogP contribution is 2.32. The van der Waals surface area contributed by atoms with E-state index >= 15 is 0 Å². The second kappa shape index (κ2) is 7.13. The minimum absolute atomic E-state index is 0.396. The largest absolute Gasteiger partial charge is 0.375 e. The van der Waals surface area contributed by atoms with Gasteiger partial charge in [0, 0.05) is 16.9 Å². The number of thiazole rings is 1. The van der Waals surface area contributed by atoms with Gasteiger partial charge in [-0.25, -0.2) is 13.8 Å². The lowest BCUT2D eigenvalue weighted by Crippen LogP contribution is -1.91. The quantitative estimate of drug-likeness (QED) is 0.796. The predicted octanol–water partition coefficient (Wildman–Crippen LogP) is 4.90. The van der Waals surface area contributed by atoms with Crippen molar-refractivity contribution >= 4 is 16.5 Å². The molecule has 0 saturated heterocycles. The predicted molar refractivity (Wildman–Crippen MR) is 88.7 cm³/mol. The number of allylic oxidation sites excluding steroid dienone is 5. The van der Waals surface area contributed by atoms with Crippen molar-refractivity contribution in [2.45, 2.75) is 13.3 Å². The maximum atomic E-state index is 13.4. The molecule has 0 bridgehead atoms. The van der Waals surface area contributed by atoms with Crippen molar-refractivity contribution in [2.75, 3.05) is 5.73 Å². The van der Waals surface area contributed by atoms with Crippen LogP contribution in [0.15, 0.2) is 54.7 Å². The molecule has 1 heterocycles. The molecule has 0 spiro atoms. The lowest BCUT2D eigenvalue weighted by molar-refractivity contribution is 0.509. The zero-order valence-electron chi connectivity index (χ0n) is 12.1. The number of nitrogens with zero attached hydrogens (tertiary/aromatic N) is 1. The molecule has 2 aromatic rings. The zero-order valence-corrected chi connectivity index (χ0v) is 13.0. The smallest absolute Gasteiger partial charge is 0.180 e.